The van der Waals surface area contributed by atoms with Gasteiger partial charge in [-0.1, -0.05) is 31.3 Å². The SMILES string of the molecule is CCC(NCc1noc2c1COCC2)C1CCCCC1. The molecule has 0 aromatic carbocycles. The molecule has 1 aliphatic carbocycles. The van der Waals surface area contributed by atoms with Crippen molar-refractivity contribution >= 4 is 0 Å². The zero-order valence-corrected chi connectivity index (χ0v) is 12.5. The number of rotatable bonds is 5. The number of fused-ring (bicyclic) bond motifs is 1. The summed E-state index contributed by atoms with van der Waals surface area (Å²) in [5, 5.41) is 7.95. The first-order valence-electron chi connectivity index (χ1n) is 8.16. The second-order valence-corrected chi connectivity index (χ2v) is 6.13. The Morgan fingerprint density at radius 1 is 1.30 bits per heavy atom. The van der Waals surface area contributed by atoms with Crippen LogP contribution in [0.1, 0.15) is 62.5 Å². The first-order valence-corrected chi connectivity index (χ1v) is 8.16. The maximum absolute atomic E-state index is 5.52. The van der Waals surface area contributed by atoms with E-state index in [2.05, 4.69) is 17.4 Å². The van der Waals surface area contributed by atoms with E-state index in [-0.39, 0.29) is 0 Å². The van der Waals surface area contributed by atoms with E-state index >= 15 is 0 Å². The highest BCUT2D eigenvalue weighted by Gasteiger charge is 2.24. The molecule has 2 heterocycles. The molecule has 3 rings (SSSR count). The third kappa shape index (κ3) is 3.07. The van der Waals surface area contributed by atoms with Crippen molar-refractivity contribution in [1.82, 2.24) is 10.5 Å². The third-order valence-corrected chi connectivity index (χ3v) is 4.86. The van der Waals surface area contributed by atoms with Crippen LogP contribution in [-0.4, -0.2) is 17.8 Å². The van der Waals surface area contributed by atoms with Crippen molar-refractivity contribution in [2.24, 2.45) is 5.92 Å². The van der Waals surface area contributed by atoms with Gasteiger partial charge in [0.25, 0.3) is 0 Å². The van der Waals surface area contributed by atoms with E-state index < -0.39 is 0 Å². The first kappa shape index (κ1) is 14.1. The van der Waals surface area contributed by atoms with Gasteiger partial charge in [-0.2, -0.15) is 0 Å². The summed E-state index contributed by atoms with van der Waals surface area (Å²) in [6, 6.07) is 0.618. The number of hydrogen-bond donors (Lipinski definition) is 1. The predicted octanol–water partition coefficient (Wildman–Crippen LogP) is 3.20. The Bertz CT molecular complexity index is 424. The van der Waals surface area contributed by atoms with E-state index in [4.69, 9.17) is 9.26 Å². The number of aromatic nitrogens is 1. The molecule has 1 atom stereocenters. The minimum absolute atomic E-state index is 0.618. The Balaban J connectivity index is 1.58. The third-order valence-electron chi connectivity index (χ3n) is 4.86. The lowest BCUT2D eigenvalue weighted by molar-refractivity contribution is 0.102. The van der Waals surface area contributed by atoms with Crippen molar-refractivity contribution in [1.29, 1.82) is 0 Å². The van der Waals surface area contributed by atoms with Gasteiger partial charge >= 0.3 is 0 Å². The fourth-order valence-corrected chi connectivity index (χ4v) is 3.63. The molecule has 1 aliphatic heterocycles. The second-order valence-electron chi connectivity index (χ2n) is 6.13. The Hall–Kier alpha value is -0.870. The lowest BCUT2D eigenvalue weighted by atomic mass is 9.83. The van der Waals surface area contributed by atoms with Crippen molar-refractivity contribution in [2.45, 2.75) is 71.1 Å². The summed E-state index contributed by atoms with van der Waals surface area (Å²) in [5.74, 6) is 1.87. The molecular formula is C16H26N2O2. The number of ether oxygens (including phenoxy) is 1. The van der Waals surface area contributed by atoms with Gasteiger partial charge in [-0.15, -0.1) is 0 Å². The molecule has 0 bridgehead atoms. The van der Waals surface area contributed by atoms with E-state index in [1.54, 1.807) is 0 Å². The average Bonchev–Trinajstić information content (AvgIpc) is 2.92. The topological polar surface area (TPSA) is 47.3 Å². The van der Waals surface area contributed by atoms with Gasteiger partial charge in [0, 0.05) is 24.6 Å². The summed E-state index contributed by atoms with van der Waals surface area (Å²) in [4.78, 5) is 0. The standard InChI is InChI=1S/C16H26N2O2/c1-2-14(12-6-4-3-5-7-12)17-10-15-13-11-19-9-8-16(13)20-18-15/h12,14,17H,2-11H2,1H3. The van der Waals surface area contributed by atoms with Crippen LogP contribution in [0.2, 0.25) is 0 Å². The number of hydrogen-bond acceptors (Lipinski definition) is 4. The van der Waals surface area contributed by atoms with Gasteiger partial charge in [-0.3, -0.25) is 0 Å². The molecule has 0 saturated heterocycles. The molecular weight excluding hydrogens is 252 g/mol. The van der Waals surface area contributed by atoms with Gasteiger partial charge in [0.2, 0.25) is 0 Å². The Kier molecular flexibility index (Phi) is 4.73. The highest BCUT2D eigenvalue weighted by molar-refractivity contribution is 5.23. The van der Waals surface area contributed by atoms with Crippen LogP contribution < -0.4 is 5.32 Å². The van der Waals surface area contributed by atoms with Crippen molar-refractivity contribution in [3.8, 4) is 0 Å². The molecule has 4 heteroatoms. The molecule has 0 amide bonds. The molecule has 1 N–H and O–H groups in total. The fourth-order valence-electron chi connectivity index (χ4n) is 3.63. The summed E-state index contributed by atoms with van der Waals surface area (Å²) < 4.78 is 10.9. The highest BCUT2D eigenvalue weighted by Crippen LogP contribution is 2.28. The summed E-state index contributed by atoms with van der Waals surface area (Å²) >= 11 is 0. The molecule has 1 unspecified atom stereocenters. The van der Waals surface area contributed by atoms with Gasteiger partial charge in [-0.25, -0.2) is 0 Å². The van der Waals surface area contributed by atoms with Crippen LogP contribution in [-0.2, 0) is 24.3 Å². The molecule has 1 saturated carbocycles. The summed E-state index contributed by atoms with van der Waals surface area (Å²) in [6.07, 6.45) is 9.04. The van der Waals surface area contributed by atoms with Crippen LogP contribution >= 0.6 is 0 Å². The van der Waals surface area contributed by atoms with E-state index in [1.165, 1.54) is 44.1 Å². The van der Waals surface area contributed by atoms with Crippen molar-refractivity contribution < 1.29 is 9.26 Å². The smallest absolute Gasteiger partial charge is 0.144 e. The Morgan fingerprint density at radius 3 is 2.95 bits per heavy atom. The maximum Gasteiger partial charge on any atom is 0.144 e. The molecule has 1 aromatic rings. The quantitative estimate of drug-likeness (QED) is 0.898. The van der Waals surface area contributed by atoms with Gasteiger partial charge in [0.15, 0.2) is 0 Å². The normalized spacial score (nSPS) is 21.6. The molecule has 2 aliphatic rings. The van der Waals surface area contributed by atoms with Crippen LogP contribution in [0.4, 0.5) is 0 Å². The van der Waals surface area contributed by atoms with Gasteiger partial charge in [0.1, 0.15) is 11.5 Å². The fraction of sp³-hybridized carbons (Fsp3) is 0.812. The molecule has 4 nitrogen and oxygen atoms in total. The molecule has 1 fully saturated rings. The predicted molar refractivity (Wildman–Crippen MR) is 77.4 cm³/mol. The Morgan fingerprint density at radius 2 is 2.15 bits per heavy atom. The highest BCUT2D eigenvalue weighted by atomic mass is 16.5. The minimum atomic E-state index is 0.618. The average molecular weight is 278 g/mol. The second kappa shape index (κ2) is 6.72. The lowest BCUT2D eigenvalue weighted by Gasteiger charge is -2.30. The number of nitrogens with zero attached hydrogens (tertiary/aromatic N) is 1. The zero-order chi connectivity index (χ0) is 13.8. The van der Waals surface area contributed by atoms with E-state index in [9.17, 15) is 0 Å². The summed E-state index contributed by atoms with van der Waals surface area (Å²) in [5.41, 5.74) is 2.23. The molecule has 1 aromatic heterocycles. The molecule has 112 valence electrons. The Labute approximate surface area is 121 Å². The summed E-state index contributed by atoms with van der Waals surface area (Å²) in [7, 11) is 0. The first-order chi connectivity index (χ1) is 9.88. The van der Waals surface area contributed by atoms with Crippen molar-refractivity contribution in [3.63, 3.8) is 0 Å². The summed E-state index contributed by atoms with van der Waals surface area (Å²) in [6.45, 7) is 4.52. The van der Waals surface area contributed by atoms with Gasteiger partial charge in [-0.05, 0) is 25.2 Å². The zero-order valence-electron chi connectivity index (χ0n) is 12.5. The van der Waals surface area contributed by atoms with Crippen LogP contribution in [0.25, 0.3) is 0 Å². The maximum atomic E-state index is 5.52. The van der Waals surface area contributed by atoms with Gasteiger partial charge in [0.05, 0.1) is 13.2 Å². The van der Waals surface area contributed by atoms with E-state index in [0.29, 0.717) is 12.6 Å². The van der Waals surface area contributed by atoms with E-state index in [0.717, 1.165) is 36.9 Å². The minimum Gasteiger partial charge on any atom is -0.376 e. The monoisotopic (exact) mass is 278 g/mol. The lowest BCUT2D eigenvalue weighted by Crippen LogP contribution is -2.36. The largest absolute Gasteiger partial charge is 0.376 e. The van der Waals surface area contributed by atoms with Crippen LogP contribution in [0.5, 0.6) is 0 Å². The van der Waals surface area contributed by atoms with Crippen LogP contribution in [0.15, 0.2) is 4.52 Å². The van der Waals surface area contributed by atoms with E-state index in [1.807, 2.05) is 0 Å². The van der Waals surface area contributed by atoms with Crippen molar-refractivity contribution in [3.05, 3.63) is 17.0 Å². The van der Waals surface area contributed by atoms with Gasteiger partial charge < -0.3 is 14.6 Å². The van der Waals surface area contributed by atoms with Crippen LogP contribution in [0, 0.1) is 5.92 Å². The molecule has 0 radical (unpaired) electrons. The molecule has 0 spiro atoms. The van der Waals surface area contributed by atoms with Crippen LogP contribution in [0.3, 0.4) is 0 Å². The van der Waals surface area contributed by atoms with Crippen molar-refractivity contribution in [2.75, 3.05) is 6.61 Å². The number of nitrogens with one attached hydrogen (secondary N) is 1. The molecule has 20 heavy (non-hydrogen) atoms.